The third-order valence-electron chi connectivity index (χ3n) is 5.46. The predicted molar refractivity (Wildman–Crippen MR) is 181 cm³/mol. The fourth-order valence-corrected chi connectivity index (χ4v) is 3.47. The molecule has 7 nitrogen and oxygen atoms in total. The molecular formula is C37H42N2O5. The maximum Gasteiger partial charge on any atom is 0.330 e. The van der Waals surface area contributed by atoms with E-state index in [1.54, 1.807) is 44.2 Å². The number of rotatable bonds is 10. The van der Waals surface area contributed by atoms with Gasteiger partial charge in [-0.3, -0.25) is 4.79 Å². The highest BCUT2D eigenvalue weighted by Gasteiger charge is 1.98. The molecule has 0 aliphatic carbocycles. The smallest absolute Gasteiger partial charge is 0.330 e. The van der Waals surface area contributed by atoms with E-state index in [1.165, 1.54) is 12.2 Å². The van der Waals surface area contributed by atoms with Crippen molar-refractivity contribution in [1.82, 2.24) is 0 Å². The van der Waals surface area contributed by atoms with E-state index in [0.717, 1.165) is 40.9 Å². The van der Waals surface area contributed by atoms with Gasteiger partial charge in [-0.15, -0.1) is 0 Å². The number of benzene rings is 4. The van der Waals surface area contributed by atoms with E-state index in [2.05, 4.69) is 11.4 Å². The number of ether oxygens (including phenoxy) is 2. The molecule has 230 valence electrons. The van der Waals surface area contributed by atoms with Crippen LogP contribution in [-0.2, 0) is 25.6 Å². The number of carbonyl (C=O) groups is 3. The summed E-state index contributed by atoms with van der Waals surface area (Å²) in [7, 11) is 0. The van der Waals surface area contributed by atoms with Crippen molar-refractivity contribution in [1.29, 1.82) is 0 Å². The molecule has 0 saturated carbocycles. The summed E-state index contributed by atoms with van der Waals surface area (Å²) in [6.45, 7) is 5.03. The van der Waals surface area contributed by atoms with E-state index in [4.69, 9.17) is 15.2 Å². The van der Waals surface area contributed by atoms with E-state index < -0.39 is 0 Å². The lowest BCUT2D eigenvalue weighted by atomic mass is 10.1. The number of nitrogens with one attached hydrogen (secondary N) is 1. The van der Waals surface area contributed by atoms with E-state index in [0.29, 0.717) is 18.8 Å². The van der Waals surface area contributed by atoms with Crippen LogP contribution in [0.3, 0.4) is 0 Å². The van der Waals surface area contributed by atoms with Crippen LogP contribution in [0.1, 0.15) is 48.3 Å². The molecule has 0 bridgehead atoms. The Morgan fingerprint density at radius 2 is 1.18 bits per heavy atom. The number of para-hydroxylation sites is 2. The number of carbonyl (C=O) groups excluding carboxylic acids is 3. The zero-order valence-electron chi connectivity index (χ0n) is 24.5. The van der Waals surface area contributed by atoms with Gasteiger partial charge in [-0.25, -0.2) is 9.59 Å². The first-order valence-corrected chi connectivity index (χ1v) is 13.9. The molecule has 4 aromatic carbocycles. The van der Waals surface area contributed by atoms with Crippen LogP contribution in [0.4, 0.5) is 11.4 Å². The van der Waals surface area contributed by atoms with Gasteiger partial charge in [0.1, 0.15) is 6.29 Å². The van der Waals surface area contributed by atoms with Gasteiger partial charge in [0.25, 0.3) is 0 Å². The third-order valence-corrected chi connectivity index (χ3v) is 5.46. The largest absolute Gasteiger partial charge is 0.463 e. The lowest BCUT2D eigenvalue weighted by Crippen LogP contribution is -2.00. The number of nitrogens with two attached hydrogens (primary N) is 1. The van der Waals surface area contributed by atoms with Gasteiger partial charge in [-0.1, -0.05) is 80.2 Å². The minimum Gasteiger partial charge on any atom is -0.463 e. The summed E-state index contributed by atoms with van der Waals surface area (Å²) in [5, 5.41) is 3.36. The van der Waals surface area contributed by atoms with Crippen molar-refractivity contribution in [3.05, 3.63) is 144 Å². The van der Waals surface area contributed by atoms with Gasteiger partial charge in [0, 0.05) is 35.6 Å². The number of hydrogen-bond acceptors (Lipinski definition) is 7. The summed E-state index contributed by atoms with van der Waals surface area (Å²) in [5.41, 5.74) is 10.8. The van der Waals surface area contributed by atoms with Crippen molar-refractivity contribution in [2.45, 2.75) is 27.8 Å². The molecule has 4 aromatic rings. The lowest BCUT2D eigenvalue weighted by Gasteiger charge is -2.07. The number of esters is 2. The molecular weight excluding hydrogens is 552 g/mol. The summed E-state index contributed by atoms with van der Waals surface area (Å²) < 4.78 is 9.59. The van der Waals surface area contributed by atoms with Crippen molar-refractivity contribution in [2.24, 2.45) is 0 Å². The van der Waals surface area contributed by atoms with Crippen LogP contribution in [0.5, 0.6) is 0 Å². The van der Waals surface area contributed by atoms with Crippen LogP contribution in [0.15, 0.2) is 121 Å². The molecule has 0 atom stereocenters. The number of nitrogen functional groups attached to an aromatic ring is 1. The Hall–Kier alpha value is -5.43. The molecule has 0 saturated heterocycles. The first-order chi connectivity index (χ1) is 20.9. The molecule has 44 heavy (non-hydrogen) atoms. The van der Waals surface area contributed by atoms with Gasteiger partial charge in [-0.05, 0) is 79.1 Å². The fourth-order valence-electron chi connectivity index (χ4n) is 3.47. The Balaban J connectivity index is 0.000000366. The summed E-state index contributed by atoms with van der Waals surface area (Å²) in [4.78, 5) is 32.8. The van der Waals surface area contributed by atoms with Crippen molar-refractivity contribution in [3.63, 3.8) is 0 Å². The van der Waals surface area contributed by atoms with Crippen molar-refractivity contribution < 1.29 is 23.9 Å². The molecule has 0 radical (unpaired) electrons. The van der Waals surface area contributed by atoms with E-state index >= 15 is 0 Å². The summed E-state index contributed by atoms with van der Waals surface area (Å²) >= 11 is 0. The van der Waals surface area contributed by atoms with Gasteiger partial charge in [0.05, 0.1) is 13.2 Å². The fraction of sp³-hybridized carbons (Fsp3) is 0.162. The Labute approximate surface area is 261 Å². The first-order valence-electron chi connectivity index (χ1n) is 13.9. The van der Waals surface area contributed by atoms with Gasteiger partial charge >= 0.3 is 11.9 Å². The van der Waals surface area contributed by atoms with Crippen LogP contribution in [0, 0.1) is 0 Å². The van der Waals surface area contributed by atoms with Crippen LogP contribution < -0.4 is 11.1 Å². The van der Waals surface area contributed by atoms with E-state index in [1.807, 2.05) is 84.9 Å². The summed E-state index contributed by atoms with van der Waals surface area (Å²) in [5.74, 6) is -0.695. The Bertz CT molecular complexity index is 1450. The first kappa shape index (κ1) is 36.6. The molecule has 0 heterocycles. The highest BCUT2D eigenvalue weighted by Crippen LogP contribution is 2.11. The maximum absolute atomic E-state index is 11.3. The van der Waals surface area contributed by atoms with Gasteiger partial charge in [0.15, 0.2) is 0 Å². The van der Waals surface area contributed by atoms with Gasteiger partial charge < -0.3 is 20.5 Å². The molecule has 0 amide bonds. The van der Waals surface area contributed by atoms with E-state index in [-0.39, 0.29) is 19.4 Å². The third kappa shape index (κ3) is 16.1. The summed E-state index contributed by atoms with van der Waals surface area (Å²) in [6.07, 6.45) is 6.94. The number of anilines is 2. The van der Waals surface area contributed by atoms with Crippen LogP contribution >= 0.6 is 0 Å². The van der Waals surface area contributed by atoms with Gasteiger partial charge in [0.2, 0.25) is 0 Å². The van der Waals surface area contributed by atoms with Crippen LogP contribution in [-0.4, -0.2) is 31.4 Å². The lowest BCUT2D eigenvalue weighted by molar-refractivity contribution is -0.138. The molecule has 0 aliphatic rings. The highest BCUT2D eigenvalue weighted by atomic mass is 16.5. The molecule has 0 aliphatic heterocycles. The second-order valence-electron chi connectivity index (χ2n) is 8.83. The minimum absolute atomic E-state index is 0. The topological polar surface area (TPSA) is 108 Å². The highest BCUT2D eigenvalue weighted by molar-refractivity contribution is 5.88. The average Bonchev–Trinajstić information content (AvgIpc) is 3.04. The monoisotopic (exact) mass is 594 g/mol. The summed E-state index contributed by atoms with van der Waals surface area (Å²) in [6, 6.07) is 34.6. The number of hydrogen-bond donors (Lipinski definition) is 2. The van der Waals surface area contributed by atoms with Crippen LogP contribution in [0.25, 0.3) is 12.2 Å². The molecule has 4 rings (SSSR count). The maximum atomic E-state index is 11.3. The second kappa shape index (κ2) is 22.2. The quantitative estimate of drug-likeness (QED) is 0.0833. The predicted octanol–water partition coefficient (Wildman–Crippen LogP) is 7.86. The van der Waals surface area contributed by atoms with Gasteiger partial charge in [-0.2, -0.15) is 0 Å². The molecule has 0 unspecified atom stereocenters. The zero-order valence-corrected chi connectivity index (χ0v) is 24.5. The molecule has 0 spiro atoms. The molecule has 3 N–H and O–H groups in total. The van der Waals surface area contributed by atoms with Crippen molar-refractivity contribution in [2.75, 3.05) is 24.3 Å². The minimum atomic E-state index is -0.381. The Kier molecular flexibility index (Phi) is 18.5. The standard InChI is InChI=1S/C18H19NO2.C12H12O3.C6H7N.CH4/c1-2-21-18(20)12-11-15-7-6-8-16(13-15)14-19-17-9-4-3-5-10-17;1-2-15-12(14)7-6-10-4-3-5-11(8-10)9-13;7-6-4-2-1-3-5-6;/h3-13,19H,2,14H2,1H3;3-9H,2H2,1H3;1-5H,7H2;1H4/b12-11+;7-6+;;. The molecule has 0 aromatic heterocycles. The normalized spacial score (nSPS) is 9.86. The SMILES string of the molecule is C.CCOC(=O)/C=C/c1cccc(C=O)c1.CCOC(=O)/C=C/c1cccc(CNc2ccccc2)c1.Nc1ccccc1. The number of aldehydes is 1. The van der Waals surface area contributed by atoms with Crippen molar-refractivity contribution in [3.8, 4) is 0 Å². The molecule has 0 fully saturated rings. The van der Waals surface area contributed by atoms with E-state index in [9.17, 15) is 14.4 Å². The molecule has 7 heteroatoms. The Morgan fingerprint density at radius 1 is 0.682 bits per heavy atom. The van der Waals surface area contributed by atoms with Crippen LogP contribution in [0.2, 0.25) is 0 Å². The Morgan fingerprint density at radius 3 is 1.68 bits per heavy atom. The van der Waals surface area contributed by atoms with Crippen molar-refractivity contribution >= 4 is 41.8 Å². The average molecular weight is 595 g/mol. The second-order valence-corrected chi connectivity index (χ2v) is 8.83. The zero-order chi connectivity index (χ0) is 31.1.